The molecule has 5 heteroatoms. The number of hydrogen-bond acceptors (Lipinski definition) is 3. The van der Waals surface area contributed by atoms with Crippen LogP contribution in [0.25, 0.3) is 0 Å². The number of ether oxygens (including phenoxy) is 1. The van der Waals surface area contributed by atoms with Gasteiger partial charge in [-0.2, -0.15) is 0 Å². The molecule has 1 amide bonds. The molecular formula is C20H22N2O2S. The molecular weight excluding hydrogens is 332 g/mol. The van der Waals surface area contributed by atoms with Crippen LogP contribution in [0.2, 0.25) is 0 Å². The number of nitrogens with zero attached hydrogens (tertiary/aromatic N) is 1. The number of likely N-dealkylation sites (tertiary alicyclic amines) is 1. The van der Waals surface area contributed by atoms with Crippen molar-refractivity contribution in [2.45, 2.75) is 19.3 Å². The van der Waals surface area contributed by atoms with Gasteiger partial charge in [0, 0.05) is 19.5 Å². The molecule has 0 radical (unpaired) electrons. The minimum Gasteiger partial charge on any atom is -0.492 e. The van der Waals surface area contributed by atoms with E-state index in [1.807, 2.05) is 41.3 Å². The van der Waals surface area contributed by atoms with Crippen LogP contribution in [0, 0.1) is 0 Å². The molecule has 1 aliphatic rings. The normalized spacial score (nSPS) is 13.5. The monoisotopic (exact) mass is 354 g/mol. The van der Waals surface area contributed by atoms with E-state index in [-0.39, 0.29) is 5.91 Å². The Hall–Kier alpha value is -2.40. The van der Waals surface area contributed by atoms with Gasteiger partial charge < -0.3 is 9.64 Å². The summed E-state index contributed by atoms with van der Waals surface area (Å²) in [7, 11) is 0. The highest BCUT2D eigenvalue weighted by molar-refractivity contribution is 7.80. The van der Waals surface area contributed by atoms with E-state index in [2.05, 4.69) is 17.4 Å². The van der Waals surface area contributed by atoms with Crippen LogP contribution in [0.3, 0.4) is 0 Å². The van der Waals surface area contributed by atoms with Crippen molar-refractivity contribution >= 4 is 23.2 Å². The summed E-state index contributed by atoms with van der Waals surface area (Å²) in [5.41, 5.74) is 1.72. The summed E-state index contributed by atoms with van der Waals surface area (Å²) in [6.07, 6.45) is 3.04. The smallest absolute Gasteiger partial charge is 0.261 e. The third-order valence-electron chi connectivity index (χ3n) is 4.24. The minimum atomic E-state index is -0.216. The average molecular weight is 354 g/mol. The molecule has 3 rings (SSSR count). The molecule has 0 aromatic heterocycles. The molecule has 2 aromatic carbocycles. The second-order valence-corrected chi connectivity index (χ2v) is 6.42. The molecule has 4 nitrogen and oxygen atoms in total. The van der Waals surface area contributed by atoms with Gasteiger partial charge in [-0.25, -0.2) is 0 Å². The highest BCUT2D eigenvalue weighted by Gasteiger charge is 2.19. The maximum absolute atomic E-state index is 12.6. The first-order chi connectivity index (χ1) is 12.2. The largest absolute Gasteiger partial charge is 0.492 e. The predicted octanol–water partition coefficient (Wildman–Crippen LogP) is 3.42. The number of hydrogen-bond donors (Lipinski definition) is 1. The standard InChI is InChI=1S/C20H22N2O2S/c23-19(21-20(25)22-13-6-7-14-22)17-10-4-5-11-18(17)24-15-12-16-8-2-1-3-9-16/h1-5,8-11H,6-7,12-15H2,(H,21,23,25). The summed E-state index contributed by atoms with van der Waals surface area (Å²) in [5, 5.41) is 3.33. The van der Waals surface area contributed by atoms with E-state index in [0.717, 1.165) is 32.4 Å². The van der Waals surface area contributed by atoms with Crippen LogP contribution in [0.5, 0.6) is 5.75 Å². The van der Waals surface area contributed by atoms with Crippen molar-refractivity contribution in [1.82, 2.24) is 10.2 Å². The number of para-hydroxylation sites is 1. The zero-order valence-electron chi connectivity index (χ0n) is 14.1. The lowest BCUT2D eigenvalue weighted by Gasteiger charge is -2.19. The highest BCUT2D eigenvalue weighted by atomic mass is 32.1. The molecule has 1 N–H and O–H groups in total. The van der Waals surface area contributed by atoms with E-state index in [4.69, 9.17) is 17.0 Å². The van der Waals surface area contributed by atoms with Crippen LogP contribution in [0.15, 0.2) is 54.6 Å². The topological polar surface area (TPSA) is 41.6 Å². The van der Waals surface area contributed by atoms with Crippen LogP contribution in [-0.2, 0) is 6.42 Å². The maximum Gasteiger partial charge on any atom is 0.261 e. The van der Waals surface area contributed by atoms with Crippen molar-refractivity contribution in [3.05, 3.63) is 65.7 Å². The van der Waals surface area contributed by atoms with Gasteiger partial charge in [-0.15, -0.1) is 0 Å². The average Bonchev–Trinajstić information content (AvgIpc) is 3.18. The number of rotatable bonds is 5. The van der Waals surface area contributed by atoms with Crippen LogP contribution < -0.4 is 10.1 Å². The number of thiocarbonyl (C=S) groups is 1. The molecule has 0 aliphatic carbocycles. The van der Waals surface area contributed by atoms with E-state index in [9.17, 15) is 4.79 Å². The van der Waals surface area contributed by atoms with E-state index in [1.165, 1.54) is 5.56 Å². The van der Waals surface area contributed by atoms with Crippen molar-refractivity contribution < 1.29 is 9.53 Å². The second-order valence-electron chi connectivity index (χ2n) is 6.03. The van der Waals surface area contributed by atoms with Gasteiger partial charge in [-0.1, -0.05) is 42.5 Å². The Labute approximate surface area is 153 Å². The van der Waals surface area contributed by atoms with Gasteiger partial charge >= 0.3 is 0 Å². The first kappa shape index (κ1) is 17.4. The van der Waals surface area contributed by atoms with Gasteiger partial charge in [0.2, 0.25) is 0 Å². The fourth-order valence-electron chi connectivity index (χ4n) is 2.87. The molecule has 0 bridgehead atoms. The van der Waals surface area contributed by atoms with Crippen molar-refractivity contribution in [2.24, 2.45) is 0 Å². The van der Waals surface area contributed by atoms with E-state index in [1.54, 1.807) is 6.07 Å². The molecule has 2 aromatic rings. The zero-order chi connectivity index (χ0) is 17.5. The zero-order valence-corrected chi connectivity index (χ0v) is 14.9. The van der Waals surface area contributed by atoms with Gasteiger partial charge in [0.05, 0.1) is 12.2 Å². The minimum absolute atomic E-state index is 0.216. The third kappa shape index (κ3) is 4.79. The first-order valence-corrected chi connectivity index (χ1v) is 9.01. The summed E-state index contributed by atoms with van der Waals surface area (Å²) in [4.78, 5) is 14.6. The van der Waals surface area contributed by atoms with E-state index in [0.29, 0.717) is 23.0 Å². The van der Waals surface area contributed by atoms with Crippen LogP contribution in [0.4, 0.5) is 0 Å². The molecule has 0 spiro atoms. The SMILES string of the molecule is O=C(NC(=S)N1CCCC1)c1ccccc1OCCc1ccccc1. The Kier molecular flexibility index (Phi) is 6.01. The molecule has 1 heterocycles. The Bertz CT molecular complexity index is 727. The lowest BCUT2D eigenvalue weighted by molar-refractivity contribution is 0.0970. The molecule has 0 saturated carbocycles. The Balaban J connectivity index is 1.59. The van der Waals surface area contributed by atoms with Crippen LogP contribution in [0.1, 0.15) is 28.8 Å². The molecule has 25 heavy (non-hydrogen) atoms. The van der Waals surface area contributed by atoms with Crippen LogP contribution in [-0.4, -0.2) is 35.6 Å². The summed E-state index contributed by atoms with van der Waals surface area (Å²) in [6, 6.07) is 17.4. The predicted molar refractivity (Wildman–Crippen MR) is 103 cm³/mol. The molecule has 1 saturated heterocycles. The molecule has 0 atom stereocenters. The fourth-order valence-corrected chi connectivity index (χ4v) is 3.14. The first-order valence-electron chi connectivity index (χ1n) is 8.60. The van der Waals surface area contributed by atoms with E-state index < -0.39 is 0 Å². The van der Waals surface area contributed by atoms with Crippen molar-refractivity contribution in [3.63, 3.8) is 0 Å². The van der Waals surface area contributed by atoms with Gasteiger partial charge in [0.1, 0.15) is 5.75 Å². The maximum atomic E-state index is 12.6. The Morgan fingerprint density at radius 3 is 2.48 bits per heavy atom. The van der Waals surface area contributed by atoms with Crippen molar-refractivity contribution in [3.8, 4) is 5.75 Å². The van der Waals surface area contributed by atoms with Gasteiger partial charge in [-0.05, 0) is 42.8 Å². The lowest BCUT2D eigenvalue weighted by Crippen LogP contribution is -2.41. The Morgan fingerprint density at radius 1 is 1.04 bits per heavy atom. The summed E-state index contributed by atoms with van der Waals surface area (Å²) in [6.45, 7) is 2.34. The molecule has 130 valence electrons. The number of carbonyl (C=O) groups is 1. The number of benzene rings is 2. The second kappa shape index (κ2) is 8.62. The van der Waals surface area contributed by atoms with Crippen molar-refractivity contribution in [1.29, 1.82) is 0 Å². The molecule has 1 aliphatic heterocycles. The fraction of sp³-hybridized carbons (Fsp3) is 0.300. The summed E-state index contributed by atoms with van der Waals surface area (Å²) >= 11 is 5.34. The molecule has 1 fully saturated rings. The summed E-state index contributed by atoms with van der Waals surface area (Å²) in [5.74, 6) is 0.368. The van der Waals surface area contributed by atoms with Crippen LogP contribution >= 0.6 is 12.2 Å². The Morgan fingerprint density at radius 2 is 1.72 bits per heavy atom. The highest BCUT2D eigenvalue weighted by Crippen LogP contribution is 2.18. The van der Waals surface area contributed by atoms with Gasteiger partial charge in [0.25, 0.3) is 5.91 Å². The van der Waals surface area contributed by atoms with Crippen molar-refractivity contribution in [2.75, 3.05) is 19.7 Å². The molecule has 0 unspecified atom stereocenters. The summed E-state index contributed by atoms with van der Waals surface area (Å²) < 4.78 is 5.85. The lowest BCUT2D eigenvalue weighted by atomic mass is 10.1. The van der Waals surface area contributed by atoms with Gasteiger partial charge in [0.15, 0.2) is 5.11 Å². The number of nitrogens with one attached hydrogen (secondary N) is 1. The van der Waals surface area contributed by atoms with Gasteiger partial charge in [-0.3, -0.25) is 10.1 Å². The van der Waals surface area contributed by atoms with E-state index >= 15 is 0 Å². The number of amides is 1. The quantitative estimate of drug-likeness (QED) is 0.836. The number of carbonyl (C=O) groups excluding carboxylic acids is 1. The third-order valence-corrected chi connectivity index (χ3v) is 4.60.